The van der Waals surface area contributed by atoms with Crippen molar-refractivity contribution in [3.8, 4) is 0 Å². The molecule has 2 aromatic rings. The summed E-state index contributed by atoms with van der Waals surface area (Å²) >= 11 is 0. The summed E-state index contributed by atoms with van der Waals surface area (Å²) in [5.41, 5.74) is 2.29. The van der Waals surface area contributed by atoms with Gasteiger partial charge in [0.15, 0.2) is 0 Å². The van der Waals surface area contributed by atoms with Gasteiger partial charge in [-0.05, 0) is 48.1 Å². The Morgan fingerprint density at radius 3 is 2.88 bits per heavy atom. The molecule has 2 saturated carbocycles. The van der Waals surface area contributed by atoms with Gasteiger partial charge in [0.2, 0.25) is 0 Å². The smallest absolute Gasteiger partial charge is 0.315 e. The average molecular weight is 326 g/mol. The second-order valence-electron chi connectivity index (χ2n) is 8.19. The van der Waals surface area contributed by atoms with Crippen molar-refractivity contribution in [1.82, 2.24) is 20.0 Å². The quantitative estimate of drug-likeness (QED) is 0.909. The Balaban J connectivity index is 1.37. The van der Waals surface area contributed by atoms with E-state index in [1.54, 1.807) is 0 Å². The summed E-state index contributed by atoms with van der Waals surface area (Å²) in [7, 11) is 0. The first kappa shape index (κ1) is 15.5. The van der Waals surface area contributed by atoms with Gasteiger partial charge >= 0.3 is 6.03 Å². The number of fused-ring (bicyclic) bond motifs is 3. The van der Waals surface area contributed by atoms with Crippen molar-refractivity contribution in [1.29, 1.82) is 0 Å². The molecule has 2 amide bonds. The van der Waals surface area contributed by atoms with Gasteiger partial charge in [-0.15, -0.1) is 0 Å². The molecule has 2 N–H and O–H groups in total. The van der Waals surface area contributed by atoms with Gasteiger partial charge in [0, 0.05) is 18.4 Å². The molecule has 2 aromatic heterocycles. The molecular weight excluding hydrogens is 300 g/mol. The molecule has 5 heteroatoms. The first-order valence-electron chi connectivity index (χ1n) is 8.87. The number of carbonyl (C=O) groups excluding carboxylic acids is 1. The highest BCUT2D eigenvalue weighted by molar-refractivity contribution is 5.74. The van der Waals surface area contributed by atoms with Gasteiger partial charge in [-0.3, -0.25) is 0 Å². The van der Waals surface area contributed by atoms with Gasteiger partial charge < -0.3 is 15.0 Å². The lowest BCUT2D eigenvalue weighted by Crippen LogP contribution is -2.50. The van der Waals surface area contributed by atoms with Crippen LogP contribution in [-0.2, 0) is 6.54 Å². The van der Waals surface area contributed by atoms with Crippen molar-refractivity contribution in [2.75, 3.05) is 0 Å². The lowest BCUT2D eigenvalue weighted by atomic mass is 9.69. The highest BCUT2D eigenvalue weighted by atomic mass is 16.2. The lowest BCUT2D eigenvalue weighted by Gasteiger charge is -2.39. The van der Waals surface area contributed by atoms with Crippen LogP contribution >= 0.6 is 0 Å². The summed E-state index contributed by atoms with van der Waals surface area (Å²) in [6, 6.07) is 6.08. The van der Waals surface area contributed by atoms with Crippen LogP contribution in [0, 0.1) is 16.7 Å². The van der Waals surface area contributed by atoms with E-state index in [1.165, 1.54) is 12.8 Å². The van der Waals surface area contributed by atoms with Crippen LogP contribution in [0.1, 0.15) is 45.7 Å². The molecule has 128 valence electrons. The number of pyridine rings is 1. The zero-order chi connectivity index (χ0) is 16.9. The van der Waals surface area contributed by atoms with Gasteiger partial charge in [-0.25, -0.2) is 9.78 Å². The lowest BCUT2D eigenvalue weighted by molar-refractivity contribution is 0.123. The van der Waals surface area contributed by atoms with Crippen LogP contribution in [0.3, 0.4) is 0 Å². The molecule has 0 aromatic carbocycles. The normalized spacial score (nSPS) is 30.6. The molecule has 0 saturated heterocycles. The van der Waals surface area contributed by atoms with Crippen molar-refractivity contribution in [3.05, 3.63) is 36.3 Å². The zero-order valence-corrected chi connectivity index (χ0v) is 14.7. The van der Waals surface area contributed by atoms with Crippen molar-refractivity contribution in [2.24, 2.45) is 16.7 Å². The third-order valence-corrected chi connectivity index (χ3v) is 6.94. The SMILES string of the molecule is CC1(C)[C@H]2CC[C@@]1(C)[C@H](NC(=O)NCc1cn3ccccc3n1)C2. The Bertz CT molecular complexity index is 748. The third-order valence-electron chi connectivity index (χ3n) is 6.94. The molecule has 3 atom stereocenters. The van der Waals surface area contributed by atoms with Crippen molar-refractivity contribution < 1.29 is 4.79 Å². The number of aromatic nitrogens is 2. The highest BCUT2D eigenvalue weighted by Crippen LogP contribution is 2.65. The van der Waals surface area contributed by atoms with E-state index in [1.807, 2.05) is 35.0 Å². The summed E-state index contributed by atoms with van der Waals surface area (Å²) in [6.45, 7) is 7.51. The van der Waals surface area contributed by atoms with Crippen molar-refractivity contribution >= 4 is 11.7 Å². The Kier molecular flexibility index (Phi) is 3.37. The maximum absolute atomic E-state index is 12.4. The summed E-state index contributed by atoms with van der Waals surface area (Å²) in [5, 5.41) is 6.19. The van der Waals surface area contributed by atoms with E-state index in [4.69, 9.17) is 0 Å². The maximum atomic E-state index is 12.4. The van der Waals surface area contributed by atoms with E-state index >= 15 is 0 Å². The first-order chi connectivity index (χ1) is 11.4. The Morgan fingerprint density at radius 1 is 1.38 bits per heavy atom. The topological polar surface area (TPSA) is 58.4 Å². The fourth-order valence-corrected chi connectivity index (χ4v) is 4.87. The molecule has 5 nitrogen and oxygen atoms in total. The molecule has 0 unspecified atom stereocenters. The number of nitrogens with one attached hydrogen (secondary N) is 2. The molecule has 2 bridgehead atoms. The Labute approximate surface area is 142 Å². The predicted molar refractivity (Wildman–Crippen MR) is 93.6 cm³/mol. The molecule has 0 radical (unpaired) electrons. The Hall–Kier alpha value is -2.04. The molecule has 2 heterocycles. The van der Waals surface area contributed by atoms with E-state index in [0.717, 1.165) is 23.7 Å². The van der Waals surface area contributed by atoms with Crippen LogP contribution in [0.5, 0.6) is 0 Å². The van der Waals surface area contributed by atoms with Crippen LogP contribution in [0.2, 0.25) is 0 Å². The van der Waals surface area contributed by atoms with Crippen molar-refractivity contribution in [2.45, 2.75) is 52.6 Å². The van der Waals surface area contributed by atoms with Crippen LogP contribution in [0.4, 0.5) is 4.79 Å². The van der Waals surface area contributed by atoms with E-state index in [-0.39, 0.29) is 17.5 Å². The van der Waals surface area contributed by atoms with Crippen LogP contribution < -0.4 is 10.6 Å². The van der Waals surface area contributed by atoms with E-state index in [0.29, 0.717) is 12.0 Å². The second kappa shape index (κ2) is 5.23. The number of rotatable bonds is 3. The van der Waals surface area contributed by atoms with Gasteiger partial charge in [0.1, 0.15) is 5.65 Å². The summed E-state index contributed by atoms with van der Waals surface area (Å²) in [5.74, 6) is 0.728. The number of hydrogen-bond acceptors (Lipinski definition) is 2. The standard InChI is InChI=1S/C19H26N4O/c1-18(2)13-7-8-19(18,3)15(10-13)22-17(24)20-11-14-12-23-9-5-4-6-16(23)21-14/h4-6,9,12-13,15H,7-8,10-11H2,1-3H3,(H2,20,22,24)/t13-,15+,19-/m0/s1. The van der Waals surface area contributed by atoms with Gasteiger partial charge in [-0.1, -0.05) is 26.8 Å². The molecule has 0 aliphatic heterocycles. The van der Waals surface area contributed by atoms with Crippen LogP contribution in [0.25, 0.3) is 5.65 Å². The zero-order valence-electron chi connectivity index (χ0n) is 14.7. The van der Waals surface area contributed by atoms with E-state index in [9.17, 15) is 4.79 Å². The molecule has 4 rings (SSSR count). The minimum Gasteiger partial charge on any atom is -0.335 e. The fourth-order valence-electron chi connectivity index (χ4n) is 4.87. The molecule has 0 spiro atoms. The number of carbonyl (C=O) groups is 1. The predicted octanol–water partition coefficient (Wildman–Crippen LogP) is 3.35. The highest BCUT2D eigenvalue weighted by Gasteiger charge is 2.61. The molecule has 2 fully saturated rings. The van der Waals surface area contributed by atoms with Gasteiger partial charge in [0.05, 0.1) is 12.2 Å². The van der Waals surface area contributed by atoms with E-state index < -0.39 is 0 Å². The number of imidazole rings is 1. The molecule has 24 heavy (non-hydrogen) atoms. The molecular formula is C19H26N4O. The first-order valence-corrected chi connectivity index (χ1v) is 8.87. The van der Waals surface area contributed by atoms with E-state index in [2.05, 4.69) is 36.4 Å². The number of nitrogens with zero attached hydrogens (tertiary/aromatic N) is 2. The van der Waals surface area contributed by atoms with Crippen LogP contribution in [-0.4, -0.2) is 21.5 Å². The number of hydrogen-bond donors (Lipinski definition) is 2. The summed E-state index contributed by atoms with van der Waals surface area (Å²) in [6.07, 6.45) is 7.53. The van der Waals surface area contributed by atoms with Crippen molar-refractivity contribution in [3.63, 3.8) is 0 Å². The third kappa shape index (κ3) is 2.21. The average Bonchev–Trinajstić information content (AvgIpc) is 3.11. The Morgan fingerprint density at radius 2 is 2.21 bits per heavy atom. The van der Waals surface area contributed by atoms with Gasteiger partial charge in [0.25, 0.3) is 0 Å². The molecule has 2 aliphatic carbocycles. The number of amides is 2. The summed E-state index contributed by atoms with van der Waals surface area (Å²) < 4.78 is 1.97. The fraction of sp³-hybridized carbons (Fsp3) is 0.579. The minimum atomic E-state index is -0.0818. The maximum Gasteiger partial charge on any atom is 0.315 e. The summed E-state index contributed by atoms with van der Waals surface area (Å²) in [4.78, 5) is 16.9. The monoisotopic (exact) mass is 326 g/mol. The number of urea groups is 1. The largest absolute Gasteiger partial charge is 0.335 e. The molecule has 2 aliphatic rings. The van der Waals surface area contributed by atoms with Gasteiger partial charge in [-0.2, -0.15) is 0 Å². The minimum absolute atomic E-state index is 0.0818. The van der Waals surface area contributed by atoms with Crippen LogP contribution in [0.15, 0.2) is 30.6 Å². The second-order valence-corrected chi connectivity index (χ2v) is 8.19.